The van der Waals surface area contributed by atoms with Crippen LogP contribution in [0.4, 0.5) is 0 Å². The normalized spacial score (nSPS) is 11.1. The van der Waals surface area contributed by atoms with Crippen LogP contribution in [0.25, 0.3) is 10.9 Å². The molecule has 0 saturated heterocycles. The van der Waals surface area contributed by atoms with Gasteiger partial charge in [0.1, 0.15) is 11.3 Å². The highest BCUT2D eigenvalue weighted by molar-refractivity contribution is 6.02. The second kappa shape index (κ2) is 7.65. The van der Waals surface area contributed by atoms with Gasteiger partial charge in [0.2, 0.25) is 0 Å². The van der Waals surface area contributed by atoms with Crippen LogP contribution in [0.5, 0.6) is 5.75 Å². The van der Waals surface area contributed by atoms with Crippen LogP contribution in [-0.2, 0) is 6.54 Å². The average Bonchev–Trinajstić information content (AvgIpc) is 2.66. The van der Waals surface area contributed by atoms with E-state index in [1.54, 1.807) is 24.3 Å². The Kier molecular flexibility index (Phi) is 5.12. The summed E-state index contributed by atoms with van der Waals surface area (Å²) in [6, 6.07) is 16.2. The van der Waals surface area contributed by atoms with Gasteiger partial charge < -0.3 is 9.67 Å². The van der Waals surface area contributed by atoms with E-state index in [4.69, 9.17) is 0 Å². The number of fused-ring (bicyclic) bond motifs is 1. The minimum Gasteiger partial charge on any atom is -0.506 e. The first-order valence-electron chi connectivity index (χ1n) is 8.36. The molecule has 0 spiro atoms. The van der Waals surface area contributed by atoms with Crippen LogP contribution < -0.4 is 11.0 Å². The lowest BCUT2D eigenvalue weighted by Crippen LogP contribution is -2.31. The molecule has 0 saturated carbocycles. The van der Waals surface area contributed by atoms with Crippen LogP contribution in [0.3, 0.4) is 0 Å². The highest BCUT2D eigenvalue weighted by Gasteiger charge is 2.21. The number of benzene rings is 2. The number of hydrazone groups is 1. The molecule has 3 rings (SSSR count). The molecule has 1 heterocycles. The van der Waals surface area contributed by atoms with Gasteiger partial charge in [0.25, 0.3) is 11.5 Å². The second-order valence-electron chi connectivity index (χ2n) is 5.81. The number of aryl methyl sites for hydroxylation is 1. The van der Waals surface area contributed by atoms with Crippen LogP contribution in [0, 0.1) is 0 Å². The van der Waals surface area contributed by atoms with Gasteiger partial charge >= 0.3 is 0 Å². The molecule has 1 aromatic heterocycles. The Labute approximate surface area is 150 Å². The van der Waals surface area contributed by atoms with Gasteiger partial charge in [-0.3, -0.25) is 9.59 Å². The van der Waals surface area contributed by atoms with Gasteiger partial charge in [-0.1, -0.05) is 49.4 Å². The molecule has 0 atom stereocenters. The van der Waals surface area contributed by atoms with Gasteiger partial charge in [0.15, 0.2) is 0 Å². The molecule has 0 radical (unpaired) electrons. The lowest BCUT2D eigenvalue weighted by atomic mass is 10.1. The van der Waals surface area contributed by atoms with E-state index in [1.165, 1.54) is 10.8 Å². The third-order valence-electron chi connectivity index (χ3n) is 4.00. The lowest BCUT2D eigenvalue weighted by molar-refractivity contribution is 0.0950. The van der Waals surface area contributed by atoms with Crippen molar-refractivity contribution in [2.45, 2.75) is 19.9 Å². The van der Waals surface area contributed by atoms with Crippen LogP contribution in [0.2, 0.25) is 0 Å². The minimum atomic E-state index is -0.740. The predicted molar refractivity (Wildman–Crippen MR) is 102 cm³/mol. The molecule has 2 aromatic carbocycles. The Morgan fingerprint density at radius 1 is 1.15 bits per heavy atom. The van der Waals surface area contributed by atoms with Crippen molar-refractivity contribution in [1.29, 1.82) is 0 Å². The molecule has 132 valence electrons. The van der Waals surface area contributed by atoms with Crippen molar-refractivity contribution in [3.8, 4) is 5.75 Å². The Morgan fingerprint density at radius 2 is 1.85 bits per heavy atom. The van der Waals surface area contributed by atoms with E-state index in [0.717, 1.165) is 12.0 Å². The molecule has 6 nitrogen and oxygen atoms in total. The Hall–Kier alpha value is -3.41. The summed E-state index contributed by atoms with van der Waals surface area (Å²) in [5, 5.41) is 14.8. The summed E-state index contributed by atoms with van der Waals surface area (Å²) >= 11 is 0. The van der Waals surface area contributed by atoms with E-state index in [2.05, 4.69) is 10.5 Å². The largest absolute Gasteiger partial charge is 0.506 e. The summed E-state index contributed by atoms with van der Waals surface area (Å²) in [6.07, 6.45) is 2.20. The summed E-state index contributed by atoms with van der Waals surface area (Å²) < 4.78 is 1.50. The first kappa shape index (κ1) is 17.4. The van der Waals surface area contributed by atoms with Crippen molar-refractivity contribution >= 4 is 23.0 Å². The fourth-order valence-corrected chi connectivity index (χ4v) is 2.80. The van der Waals surface area contributed by atoms with E-state index in [0.29, 0.717) is 17.4 Å². The van der Waals surface area contributed by atoms with Crippen LogP contribution in [-0.4, -0.2) is 21.8 Å². The van der Waals surface area contributed by atoms with Gasteiger partial charge in [-0.2, -0.15) is 5.10 Å². The smallest absolute Gasteiger partial charge is 0.280 e. The maximum Gasteiger partial charge on any atom is 0.280 e. The maximum atomic E-state index is 12.8. The Morgan fingerprint density at radius 3 is 2.58 bits per heavy atom. The van der Waals surface area contributed by atoms with Crippen molar-refractivity contribution in [3.05, 3.63) is 76.1 Å². The minimum absolute atomic E-state index is 0.303. The van der Waals surface area contributed by atoms with Crippen molar-refractivity contribution in [2.75, 3.05) is 0 Å². The van der Waals surface area contributed by atoms with Crippen molar-refractivity contribution in [3.63, 3.8) is 0 Å². The summed E-state index contributed by atoms with van der Waals surface area (Å²) in [5.41, 5.74) is 2.89. The summed E-state index contributed by atoms with van der Waals surface area (Å²) in [7, 11) is 0. The van der Waals surface area contributed by atoms with Crippen molar-refractivity contribution in [2.24, 2.45) is 5.10 Å². The summed E-state index contributed by atoms with van der Waals surface area (Å²) in [5.74, 6) is -1.07. The maximum absolute atomic E-state index is 12.8. The molecule has 0 bridgehead atoms. The lowest BCUT2D eigenvalue weighted by Gasteiger charge is -2.13. The van der Waals surface area contributed by atoms with Crippen molar-refractivity contribution < 1.29 is 9.90 Å². The molecule has 0 unspecified atom stereocenters. The fourth-order valence-electron chi connectivity index (χ4n) is 2.80. The average molecular weight is 349 g/mol. The second-order valence-corrected chi connectivity index (χ2v) is 5.81. The number of amides is 1. The number of carbonyl (C=O) groups is 1. The number of hydrogen-bond donors (Lipinski definition) is 2. The molecule has 26 heavy (non-hydrogen) atoms. The number of aromatic hydroxyl groups is 1. The van der Waals surface area contributed by atoms with E-state index in [9.17, 15) is 14.7 Å². The number of pyridine rings is 1. The number of rotatable bonds is 5. The van der Waals surface area contributed by atoms with Crippen molar-refractivity contribution in [1.82, 2.24) is 9.99 Å². The zero-order valence-electron chi connectivity index (χ0n) is 14.3. The molecule has 0 aliphatic rings. The monoisotopic (exact) mass is 349 g/mol. The zero-order valence-corrected chi connectivity index (χ0v) is 14.3. The van der Waals surface area contributed by atoms with E-state index in [1.807, 2.05) is 37.3 Å². The van der Waals surface area contributed by atoms with Gasteiger partial charge in [-0.15, -0.1) is 0 Å². The molecule has 3 aromatic rings. The SMILES string of the molecule is CCCn1c(=O)c(C(=O)N/N=C/c2ccccc2)c(O)c2ccccc21. The van der Waals surface area contributed by atoms with E-state index >= 15 is 0 Å². The molecular weight excluding hydrogens is 330 g/mol. The number of nitrogens with one attached hydrogen (secondary N) is 1. The zero-order chi connectivity index (χ0) is 18.5. The van der Waals surface area contributed by atoms with E-state index < -0.39 is 11.5 Å². The molecule has 6 heteroatoms. The first-order valence-corrected chi connectivity index (χ1v) is 8.36. The Bertz CT molecular complexity index is 1020. The summed E-state index contributed by atoms with van der Waals surface area (Å²) in [6.45, 7) is 2.39. The first-order chi connectivity index (χ1) is 12.6. The van der Waals surface area contributed by atoms with Gasteiger partial charge in [0, 0.05) is 11.9 Å². The third kappa shape index (κ3) is 3.35. The third-order valence-corrected chi connectivity index (χ3v) is 4.00. The van der Waals surface area contributed by atoms with Crippen LogP contribution >= 0.6 is 0 Å². The topological polar surface area (TPSA) is 83.7 Å². The number of hydrogen-bond acceptors (Lipinski definition) is 4. The molecule has 0 aliphatic carbocycles. The highest BCUT2D eigenvalue weighted by Crippen LogP contribution is 2.26. The van der Waals surface area contributed by atoms with Gasteiger partial charge in [-0.05, 0) is 24.1 Å². The molecular formula is C20H19N3O3. The number of carbonyl (C=O) groups excluding carboxylic acids is 1. The van der Waals surface area contributed by atoms with Crippen LogP contribution in [0.15, 0.2) is 64.5 Å². The number of aromatic nitrogens is 1. The standard InChI is InChI=1S/C20H19N3O3/c1-2-12-23-16-11-7-6-10-15(16)18(24)17(20(23)26)19(25)22-21-13-14-8-4-3-5-9-14/h3-11,13,24H,2,12H2,1H3,(H,22,25)/b21-13+. The fraction of sp³-hybridized carbons (Fsp3) is 0.150. The van der Waals surface area contributed by atoms with Crippen LogP contribution in [0.1, 0.15) is 29.3 Å². The quantitative estimate of drug-likeness (QED) is 0.549. The summed E-state index contributed by atoms with van der Waals surface area (Å²) in [4.78, 5) is 25.2. The number of para-hydroxylation sites is 1. The molecule has 0 aliphatic heterocycles. The van der Waals surface area contributed by atoms with E-state index in [-0.39, 0.29) is 11.3 Å². The highest BCUT2D eigenvalue weighted by atomic mass is 16.3. The molecule has 2 N–H and O–H groups in total. The molecule has 1 amide bonds. The Balaban J connectivity index is 2.00. The van der Waals surface area contributed by atoms with Gasteiger partial charge in [0.05, 0.1) is 11.7 Å². The molecule has 0 fully saturated rings. The number of nitrogens with zero attached hydrogens (tertiary/aromatic N) is 2. The van der Waals surface area contributed by atoms with Gasteiger partial charge in [-0.25, -0.2) is 5.43 Å². The predicted octanol–water partition coefficient (Wildman–Crippen LogP) is 2.88.